The molecule has 0 atom stereocenters. The van der Waals surface area contributed by atoms with Crippen LogP contribution >= 0.6 is 11.9 Å². The maximum absolute atomic E-state index is 11.4. The summed E-state index contributed by atoms with van der Waals surface area (Å²) in [7, 11) is 0. The normalized spacial score (nSPS) is 16.0. The van der Waals surface area contributed by atoms with Crippen LogP contribution in [-0.4, -0.2) is 34.6 Å². The predicted molar refractivity (Wildman–Crippen MR) is 84.8 cm³/mol. The molecule has 0 saturated carbocycles. The van der Waals surface area contributed by atoms with E-state index in [0.29, 0.717) is 34.1 Å². The minimum Gasteiger partial charge on any atom is -0.381 e. The van der Waals surface area contributed by atoms with E-state index in [1.165, 1.54) is 12.4 Å². The number of anilines is 1. The van der Waals surface area contributed by atoms with Gasteiger partial charge in [0.25, 0.3) is 5.69 Å². The van der Waals surface area contributed by atoms with Crippen LogP contribution in [0.3, 0.4) is 0 Å². The van der Waals surface area contributed by atoms with Gasteiger partial charge in [-0.3, -0.25) is 15.3 Å². The zero-order valence-corrected chi connectivity index (χ0v) is 12.7. The Morgan fingerprint density at radius 3 is 3.00 bits per heavy atom. The van der Waals surface area contributed by atoms with Crippen LogP contribution in [0.1, 0.15) is 12.8 Å². The van der Waals surface area contributed by atoms with E-state index in [0.717, 1.165) is 38.0 Å². The van der Waals surface area contributed by atoms with Crippen molar-refractivity contribution in [1.82, 2.24) is 9.97 Å². The number of nitrogens with two attached hydrogens (primary N) is 1. The van der Waals surface area contributed by atoms with Crippen molar-refractivity contribution >= 4 is 34.4 Å². The molecule has 3 rings (SSSR count). The van der Waals surface area contributed by atoms with Gasteiger partial charge >= 0.3 is 0 Å². The van der Waals surface area contributed by atoms with Crippen molar-refractivity contribution < 1.29 is 9.66 Å². The number of hydrogen-bond acceptors (Lipinski definition) is 7. The molecule has 1 fully saturated rings. The summed E-state index contributed by atoms with van der Waals surface area (Å²) in [6, 6.07) is 1.47. The van der Waals surface area contributed by atoms with Crippen LogP contribution in [0.25, 0.3) is 11.0 Å². The lowest BCUT2D eigenvalue weighted by Crippen LogP contribution is -2.23. The predicted octanol–water partition coefficient (Wildman–Crippen LogP) is 2.28. The Bertz CT molecular complexity index is 684. The topological polar surface area (TPSA) is 119 Å². The molecular weight excluding hydrogens is 306 g/mol. The first kappa shape index (κ1) is 15.1. The van der Waals surface area contributed by atoms with Gasteiger partial charge in [0.1, 0.15) is 11.2 Å². The molecule has 4 N–H and O–H groups in total. The Labute approximate surface area is 131 Å². The summed E-state index contributed by atoms with van der Waals surface area (Å²) in [6.07, 6.45) is 3.45. The highest BCUT2D eigenvalue weighted by Gasteiger charge is 2.23. The number of hydrogen-bond donors (Lipinski definition) is 3. The number of fused-ring (bicyclic) bond motifs is 1. The zero-order valence-electron chi connectivity index (χ0n) is 11.9. The number of imidazole rings is 1. The Kier molecular flexibility index (Phi) is 4.46. The van der Waals surface area contributed by atoms with E-state index in [1.54, 1.807) is 0 Å². The van der Waals surface area contributed by atoms with Gasteiger partial charge in [-0.25, -0.2) is 4.98 Å². The summed E-state index contributed by atoms with van der Waals surface area (Å²) in [4.78, 5) is 18.7. The lowest BCUT2D eigenvalue weighted by Gasteiger charge is -2.22. The fraction of sp³-hybridized carbons (Fsp3) is 0.462. The van der Waals surface area contributed by atoms with Crippen molar-refractivity contribution in [2.75, 3.05) is 25.1 Å². The van der Waals surface area contributed by atoms with Crippen LogP contribution in [0, 0.1) is 16.0 Å². The molecule has 0 amide bonds. The number of benzene rings is 1. The number of nitro benzene ring substituents is 1. The number of rotatable bonds is 5. The van der Waals surface area contributed by atoms with Crippen LogP contribution in [0.15, 0.2) is 17.3 Å². The molecule has 2 aromatic rings. The van der Waals surface area contributed by atoms with Crippen LogP contribution < -0.4 is 10.5 Å². The third-order valence-electron chi connectivity index (χ3n) is 3.88. The average molecular weight is 323 g/mol. The molecule has 1 aromatic heterocycles. The smallest absolute Gasteiger partial charge is 0.295 e. The van der Waals surface area contributed by atoms with Gasteiger partial charge in [0, 0.05) is 25.8 Å². The molecule has 22 heavy (non-hydrogen) atoms. The van der Waals surface area contributed by atoms with Gasteiger partial charge in [-0.1, -0.05) is 0 Å². The lowest BCUT2D eigenvalue weighted by molar-refractivity contribution is -0.384. The molecule has 1 aliphatic heterocycles. The molecule has 118 valence electrons. The van der Waals surface area contributed by atoms with Gasteiger partial charge in [-0.15, -0.1) is 0 Å². The van der Waals surface area contributed by atoms with Gasteiger partial charge < -0.3 is 15.0 Å². The average Bonchev–Trinajstić information content (AvgIpc) is 3.02. The standard InChI is InChI=1S/C13H17N5O3S/c14-22-10-5-9(18(19)20)11(13-12(10)16-7-17-13)15-6-8-1-3-21-4-2-8/h5,7-8,15H,1-4,6,14H2,(H,16,17). The van der Waals surface area contributed by atoms with Crippen molar-refractivity contribution in [2.45, 2.75) is 17.7 Å². The Hall–Kier alpha value is -1.84. The summed E-state index contributed by atoms with van der Waals surface area (Å²) in [5.41, 5.74) is 1.75. The molecule has 0 bridgehead atoms. The number of nitrogens with zero attached hydrogens (tertiary/aromatic N) is 2. The highest BCUT2D eigenvalue weighted by Crippen LogP contribution is 2.37. The Morgan fingerprint density at radius 1 is 1.55 bits per heavy atom. The number of aromatic nitrogens is 2. The lowest BCUT2D eigenvalue weighted by atomic mass is 10.0. The first-order chi connectivity index (χ1) is 10.7. The van der Waals surface area contributed by atoms with Crippen molar-refractivity contribution in [3.05, 3.63) is 22.5 Å². The summed E-state index contributed by atoms with van der Waals surface area (Å²) in [5.74, 6) is 0.454. The summed E-state index contributed by atoms with van der Waals surface area (Å²) < 4.78 is 5.33. The Morgan fingerprint density at radius 2 is 2.32 bits per heavy atom. The van der Waals surface area contributed by atoms with Crippen molar-refractivity contribution in [3.63, 3.8) is 0 Å². The first-order valence-electron chi connectivity index (χ1n) is 7.03. The monoisotopic (exact) mass is 323 g/mol. The molecule has 2 heterocycles. The van der Waals surface area contributed by atoms with Gasteiger partial charge in [-0.05, 0) is 30.7 Å². The van der Waals surface area contributed by atoms with E-state index in [1.807, 2.05) is 0 Å². The number of aromatic amines is 1. The highest BCUT2D eigenvalue weighted by atomic mass is 32.2. The SMILES string of the molecule is NSc1cc([N+](=O)[O-])c(NCC2CCOCC2)c2[nH]cnc12. The van der Waals surface area contributed by atoms with Crippen molar-refractivity contribution in [3.8, 4) is 0 Å². The number of H-pyrrole nitrogens is 1. The summed E-state index contributed by atoms with van der Waals surface area (Å²) >= 11 is 0.958. The number of ether oxygens (including phenoxy) is 1. The van der Waals surface area contributed by atoms with E-state index in [9.17, 15) is 10.1 Å². The van der Waals surface area contributed by atoms with E-state index < -0.39 is 4.92 Å². The van der Waals surface area contributed by atoms with Crippen molar-refractivity contribution in [1.29, 1.82) is 0 Å². The molecule has 1 aromatic carbocycles. The van der Waals surface area contributed by atoms with Crippen LogP contribution in [0.5, 0.6) is 0 Å². The molecule has 8 nitrogen and oxygen atoms in total. The minimum atomic E-state index is -0.397. The second-order valence-corrected chi connectivity index (χ2v) is 5.88. The first-order valence-corrected chi connectivity index (χ1v) is 7.91. The summed E-state index contributed by atoms with van der Waals surface area (Å²) in [5, 5.41) is 20.2. The highest BCUT2D eigenvalue weighted by molar-refractivity contribution is 7.97. The molecule has 0 spiro atoms. The second kappa shape index (κ2) is 6.51. The van der Waals surface area contributed by atoms with Gasteiger partial charge in [0.15, 0.2) is 0 Å². The Balaban J connectivity index is 1.93. The third-order valence-corrected chi connectivity index (χ3v) is 4.44. The molecule has 0 aliphatic carbocycles. The minimum absolute atomic E-state index is 0.0109. The largest absolute Gasteiger partial charge is 0.381 e. The van der Waals surface area contributed by atoms with Crippen LogP contribution in [0.2, 0.25) is 0 Å². The van der Waals surface area contributed by atoms with Gasteiger partial charge in [0.05, 0.1) is 21.7 Å². The maximum Gasteiger partial charge on any atom is 0.295 e. The molecule has 9 heteroatoms. The molecule has 0 unspecified atom stereocenters. The molecular formula is C13H17N5O3S. The van der Waals surface area contributed by atoms with Crippen LogP contribution in [0.4, 0.5) is 11.4 Å². The van der Waals surface area contributed by atoms with Crippen LogP contribution in [-0.2, 0) is 4.74 Å². The quantitative estimate of drug-likeness (QED) is 0.438. The zero-order chi connectivity index (χ0) is 15.5. The van der Waals surface area contributed by atoms with E-state index in [-0.39, 0.29) is 5.69 Å². The second-order valence-electron chi connectivity index (χ2n) is 5.21. The van der Waals surface area contributed by atoms with Gasteiger partial charge in [0.2, 0.25) is 0 Å². The molecule has 1 aliphatic rings. The fourth-order valence-electron chi connectivity index (χ4n) is 2.67. The molecule has 0 radical (unpaired) electrons. The van der Waals surface area contributed by atoms with Gasteiger partial charge in [-0.2, -0.15) is 0 Å². The number of nitrogens with one attached hydrogen (secondary N) is 2. The summed E-state index contributed by atoms with van der Waals surface area (Å²) in [6.45, 7) is 2.17. The van der Waals surface area contributed by atoms with E-state index in [2.05, 4.69) is 15.3 Å². The fourth-order valence-corrected chi connectivity index (χ4v) is 3.12. The molecule has 1 saturated heterocycles. The number of nitro groups is 1. The maximum atomic E-state index is 11.4. The third kappa shape index (κ3) is 2.87. The van der Waals surface area contributed by atoms with E-state index >= 15 is 0 Å². The van der Waals surface area contributed by atoms with Crippen molar-refractivity contribution in [2.24, 2.45) is 11.1 Å². The van der Waals surface area contributed by atoms with E-state index in [4.69, 9.17) is 9.88 Å².